The van der Waals surface area contributed by atoms with E-state index in [0.29, 0.717) is 27.2 Å². The van der Waals surface area contributed by atoms with Crippen LogP contribution in [0.15, 0.2) is 42.5 Å². The van der Waals surface area contributed by atoms with E-state index in [4.69, 9.17) is 34.8 Å². The molecule has 19 heavy (non-hydrogen) atoms. The fraction of sp³-hybridized carbons (Fsp3) is 0.0714. The lowest BCUT2D eigenvalue weighted by molar-refractivity contribution is 0.0951. The Bertz CT molecular complexity index is 613. The van der Waals surface area contributed by atoms with Gasteiger partial charge in [-0.3, -0.25) is 4.79 Å². The van der Waals surface area contributed by atoms with Crippen LogP contribution in [0.3, 0.4) is 0 Å². The lowest BCUT2D eigenvalue weighted by atomic mass is 10.2. The molecule has 98 valence electrons. The molecule has 2 rings (SSSR count). The molecule has 0 atom stereocenters. The van der Waals surface area contributed by atoms with Crippen LogP contribution in [-0.2, 0) is 6.54 Å². The first kappa shape index (κ1) is 14.2. The summed E-state index contributed by atoms with van der Waals surface area (Å²) in [5.41, 5.74) is 1.40. The molecule has 0 fully saturated rings. The highest BCUT2D eigenvalue weighted by molar-refractivity contribution is 6.42. The van der Waals surface area contributed by atoms with E-state index in [9.17, 15) is 4.79 Å². The van der Waals surface area contributed by atoms with Crippen molar-refractivity contribution in [1.29, 1.82) is 0 Å². The molecule has 0 aliphatic heterocycles. The van der Waals surface area contributed by atoms with Crippen LogP contribution in [0, 0.1) is 0 Å². The first-order valence-electron chi connectivity index (χ1n) is 5.54. The van der Waals surface area contributed by atoms with Gasteiger partial charge >= 0.3 is 0 Å². The molecule has 2 aromatic rings. The predicted octanol–water partition coefficient (Wildman–Crippen LogP) is 4.58. The largest absolute Gasteiger partial charge is 0.348 e. The molecule has 2 nitrogen and oxygen atoms in total. The van der Waals surface area contributed by atoms with Crippen LogP contribution in [0.1, 0.15) is 15.9 Å². The van der Waals surface area contributed by atoms with Crippen LogP contribution in [-0.4, -0.2) is 5.91 Å². The van der Waals surface area contributed by atoms with Gasteiger partial charge in [0.25, 0.3) is 5.91 Å². The Balaban J connectivity index is 2.02. The molecule has 1 amide bonds. The van der Waals surface area contributed by atoms with Crippen LogP contribution >= 0.6 is 34.8 Å². The number of halogens is 3. The summed E-state index contributed by atoms with van der Waals surface area (Å²) in [4.78, 5) is 11.9. The number of amides is 1. The lowest BCUT2D eigenvalue weighted by Gasteiger charge is -2.06. The smallest absolute Gasteiger partial charge is 0.251 e. The molecule has 0 saturated carbocycles. The monoisotopic (exact) mass is 313 g/mol. The Morgan fingerprint density at radius 3 is 2.47 bits per heavy atom. The van der Waals surface area contributed by atoms with E-state index in [1.165, 1.54) is 0 Å². The van der Waals surface area contributed by atoms with Crippen LogP contribution in [0.25, 0.3) is 0 Å². The van der Waals surface area contributed by atoms with Gasteiger partial charge in [0.15, 0.2) is 0 Å². The van der Waals surface area contributed by atoms with Crippen LogP contribution in [0.4, 0.5) is 0 Å². The topological polar surface area (TPSA) is 29.1 Å². The minimum atomic E-state index is -0.187. The van der Waals surface area contributed by atoms with E-state index in [1.807, 2.05) is 6.07 Å². The van der Waals surface area contributed by atoms with E-state index in [0.717, 1.165) is 5.56 Å². The number of hydrogen-bond acceptors (Lipinski definition) is 1. The number of nitrogens with one attached hydrogen (secondary N) is 1. The maximum Gasteiger partial charge on any atom is 0.251 e. The molecule has 0 aliphatic rings. The molecule has 5 heteroatoms. The van der Waals surface area contributed by atoms with Crippen LogP contribution in [0.5, 0.6) is 0 Å². The molecule has 1 N–H and O–H groups in total. The summed E-state index contributed by atoms with van der Waals surface area (Å²) < 4.78 is 0. The van der Waals surface area contributed by atoms with Crippen molar-refractivity contribution in [2.45, 2.75) is 6.54 Å². The Hall–Kier alpha value is -1.22. The van der Waals surface area contributed by atoms with E-state index >= 15 is 0 Å². The molecule has 0 aromatic heterocycles. The summed E-state index contributed by atoms with van der Waals surface area (Å²) >= 11 is 17.6. The van der Waals surface area contributed by atoms with Crippen molar-refractivity contribution in [3.05, 3.63) is 68.7 Å². The van der Waals surface area contributed by atoms with Gasteiger partial charge in [-0.15, -0.1) is 0 Å². The van der Waals surface area contributed by atoms with Crippen LogP contribution in [0.2, 0.25) is 15.1 Å². The van der Waals surface area contributed by atoms with E-state index in [2.05, 4.69) is 5.32 Å². The summed E-state index contributed by atoms with van der Waals surface area (Å²) in [5.74, 6) is -0.187. The van der Waals surface area contributed by atoms with Crippen molar-refractivity contribution in [1.82, 2.24) is 5.32 Å². The lowest BCUT2D eigenvalue weighted by Crippen LogP contribution is -2.22. The fourth-order valence-corrected chi connectivity index (χ4v) is 2.07. The molecular formula is C14H10Cl3NO. The van der Waals surface area contributed by atoms with Gasteiger partial charge in [0.1, 0.15) is 0 Å². The minimum absolute atomic E-state index is 0.187. The highest BCUT2D eigenvalue weighted by Crippen LogP contribution is 2.22. The van der Waals surface area contributed by atoms with Gasteiger partial charge in [0.05, 0.1) is 10.0 Å². The first-order chi connectivity index (χ1) is 9.06. The molecule has 0 saturated heterocycles. The zero-order valence-corrected chi connectivity index (χ0v) is 12.1. The third-order valence-corrected chi connectivity index (χ3v) is 3.50. The summed E-state index contributed by atoms with van der Waals surface area (Å²) in [7, 11) is 0. The van der Waals surface area contributed by atoms with Gasteiger partial charge < -0.3 is 5.32 Å². The minimum Gasteiger partial charge on any atom is -0.348 e. The standard InChI is InChI=1S/C14H10Cl3NO/c15-11-3-1-2-10(7-11)14(19)18-8-9-4-5-12(16)13(17)6-9/h1-7H,8H2,(H,18,19). The molecule has 0 radical (unpaired) electrons. The van der Waals surface area contributed by atoms with Crippen molar-refractivity contribution in [2.24, 2.45) is 0 Å². The third kappa shape index (κ3) is 3.87. The SMILES string of the molecule is O=C(NCc1ccc(Cl)c(Cl)c1)c1cccc(Cl)c1. The number of carbonyl (C=O) groups is 1. The predicted molar refractivity (Wildman–Crippen MR) is 79.1 cm³/mol. The highest BCUT2D eigenvalue weighted by Gasteiger charge is 2.06. The average molecular weight is 315 g/mol. The Labute approximate surface area is 126 Å². The zero-order chi connectivity index (χ0) is 13.8. The first-order valence-corrected chi connectivity index (χ1v) is 6.67. The Morgan fingerprint density at radius 1 is 1.00 bits per heavy atom. The summed E-state index contributed by atoms with van der Waals surface area (Å²) in [6.45, 7) is 0.377. The molecule has 0 unspecified atom stereocenters. The fourth-order valence-electron chi connectivity index (χ4n) is 1.56. The van der Waals surface area contributed by atoms with E-state index < -0.39 is 0 Å². The average Bonchev–Trinajstić information content (AvgIpc) is 2.40. The van der Waals surface area contributed by atoms with Crippen molar-refractivity contribution < 1.29 is 4.79 Å². The van der Waals surface area contributed by atoms with Gasteiger partial charge in [-0.1, -0.05) is 46.9 Å². The van der Waals surface area contributed by atoms with Gasteiger partial charge in [-0.25, -0.2) is 0 Å². The summed E-state index contributed by atoms with van der Waals surface area (Å²) in [6.07, 6.45) is 0. The van der Waals surface area contributed by atoms with E-state index in [-0.39, 0.29) is 5.91 Å². The maximum absolute atomic E-state index is 11.9. The molecule has 2 aromatic carbocycles. The summed E-state index contributed by atoms with van der Waals surface area (Å²) in [5, 5.41) is 4.28. The van der Waals surface area contributed by atoms with Crippen molar-refractivity contribution >= 4 is 40.7 Å². The maximum atomic E-state index is 11.9. The van der Waals surface area contributed by atoms with Crippen LogP contribution < -0.4 is 5.32 Å². The Morgan fingerprint density at radius 2 is 1.79 bits per heavy atom. The van der Waals surface area contributed by atoms with Crippen molar-refractivity contribution in [3.8, 4) is 0 Å². The zero-order valence-electron chi connectivity index (χ0n) is 9.79. The molecule has 0 heterocycles. The second-order valence-corrected chi connectivity index (χ2v) is 5.19. The number of carbonyl (C=O) groups excluding carboxylic acids is 1. The quantitative estimate of drug-likeness (QED) is 0.883. The molecule has 0 aliphatic carbocycles. The molecule has 0 spiro atoms. The van der Waals surface area contributed by atoms with Gasteiger partial charge in [-0.05, 0) is 35.9 Å². The number of hydrogen-bond donors (Lipinski definition) is 1. The normalized spacial score (nSPS) is 10.3. The van der Waals surface area contributed by atoms with Gasteiger partial charge in [0.2, 0.25) is 0 Å². The van der Waals surface area contributed by atoms with E-state index in [1.54, 1.807) is 36.4 Å². The number of rotatable bonds is 3. The Kier molecular flexibility index (Phi) is 4.70. The molecular weight excluding hydrogens is 305 g/mol. The van der Waals surface area contributed by atoms with Gasteiger partial charge in [-0.2, -0.15) is 0 Å². The second kappa shape index (κ2) is 6.29. The number of benzene rings is 2. The summed E-state index contributed by atoms with van der Waals surface area (Å²) in [6, 6.07) is 12.0. The van der Waals surface area contributed by atoms with Gasteiger partial charge in [0, 0.05) is 17.1 Å². The van der Waals surface area contributed by atoms with Crippen molar-refractivity contribution in [2.75, 3.05) is 0 Å². The third-order valence-electron chi connectivity index (χ3n) is 2.52. The van der Waals surface area contributed by atoms with Crippen molar-refractivity contribution in [3.63, 3.8) is 0 Å². The second-order valence-electron chi connectivity index (χ2n) is 3.94. The molecule has 0 bridgehead atoms. The highest BCUT2D eigenvalue weighted by atomic mass is 35.5.